The molecule has 30 heavy (non-hydrogen) atoms. The van der Waals surface area contributed by atoms with Gasteiger partial charge in [-0.3, -0.25) is 4.79 Å². The van der Waals surface area contributed by atoms with E-state index in [9.17, 15) is 9.90 Å². The number of methoxy groups -OCH3 is 1. The Kier molecular flexibility index (Phi) is 5.36. The Balaban J connectivity index is 1.58. The fourth-order valence-electron chi connectivity index (χ4n) is 6.93. The summed E-state index contributed by atoms with van der Waals surface area (Å²) in [5.41, 5.74) is 2.36. The third kappa shape index (κ3) is 3.40. The molecule has 0 radical (unpaired) electrons. The van der Waals surface area contributed by atoms with Crippen LogP contribution in [0.5, 0.6) is 5.75 Å². The number of fused-ring (bicyclic) bond motifs is 3. The van der Waals surface area contributed by atoms with Crippen molar-refractivity contribution < 1.29 is 14.6 Å². The molecule has 1 aromatic carbocycles. The van der Waals surface area contributed by atoms with Crippen molar-refractivity contribution in [2.45, 2.75) is 65.7 Å². The number of rotatable bonds is 4. The highest BCUT2D eigenvalue weighted by Crippen LogP contribution is 2.63. The van der Waals surface area contributed by atoms with E-state index in [-0.39, 0.29) is 16.7 Å². The minimum atomic E-state index is -0.601. The van der Waals surface area contributed by atoms with Gasteiger partial charge in [0.25, 0.3) is 0 Å². The molecule has 0 unspecified atom stereocenters. The lowest BCUT2D eigenvalue weighted by Gasteiger charge is -2.58. The summed E-state index contributed by atoms with van der Waals surface area (Å²) < 4.78 is 5.50. The maximum atomic E-state index is 12.2. The van der Waals surface area contributed by atoms with E-state index in [0.29, 0.717) is 5.92 Å². The summed E-state index contributed by atoms with van der Waals surface area (Å²) in [6, 6.07) is 8.16. The minimum absolute atomic E-state index is 0.114. The lowest BCUT2D eigenvalue weighted by Crippen LogP contribution is -2.53. The Bertz CT molecular complexity index is 884. The summed E-state index contributed by atoms with van der Waals surface area (Å²) in [7, 11) is 1.72. The predicted octanol–water partition coefficient (Wildman–Crippen LogP) is 6.74. The van der Waals surface area contributed by atoms with E-state index < -0.39 is 11.4 Å². The Labute approximate surface area is 181 Å². The lowest BCUT2D eigenvalue weighted by atomic mass is 9.45. The molecule has 1 aromatic rings. The topological polar surface area (TPSA) is 46.5 Å². The highest BCUT2D eigenvalue weighted by atomic mass is 16.5. The van der Waals surface area contributed by atoms with E-state index in [1.165, 1.54) is 0 Å². The Hall–Kier alpha value is -2.03. The van der Waals surface area contributed by atoms with Crippen LogP contribution in [0, 0.1) is 28.1 Å². The van der Waals surface area contributed by atoms with Crippen LogP contribution in [0.1, 0.15) is 71.3 Å². The van der Waals surface area contributed by atoms with E-state index >= 15 is 0 Å². The smallest absolute Gasteiger partial charge is 0.309 e. The van der Waals surface area contributed by atoms with E-state index in [2.05, 4.69) is 44.2 Å². The molecule has 0 heterocycles. The number of benzene rings is 1. The van der Waals surface area contributed by atoms with Crippen LogP contribution in [-0.2, 0) is 4.79 Å². The number of aliphatic carboxylic acids is 1. The second-order valence-electron chi connectivity index (χ2n) is 10.6. The van der Waals surface area contributed by atoms with Crippen molar-refractivity contribution in [1.82, 2.24) is 0 Å². The first-order chi connectivity index (χ1) is 14.2. The molecule has 0 aliphatic heterocycles. The van der Waals surface area contributed by atoms with Gasteiger partial charge in [-0.15, -0.1) is 0 Å². The van der Waals surface area contributed by atoms with Crippen LogP contribution in [0.3, 0.4) is 0 Å². The van der Waals surface area contributed by atoms with Crippen molar-refractivity contribution in [3.8, 4) is 5.75 Å². The van der Waals surface area contributed by atoms with Crippen molar-refractivity contribution >= 4 is 12.0 Å². The second kappa shape index (κ2) is 7.59. The molecule has 0 spiro atoms. The van der Waals surface area contributed by atoms with Gasteiger partial charge < -0.3 is 9.84 Å². The number of ether oxygens (including phenoxy) is 1. The Morgan fingerprint density at radius 3 is 2.67 bits per heavy atom. The Morgan fingerprint density at radius 2 is 1.93 bits per heavy atom. The predicted molar refractivity (Wildman–Crippen MR) is 121 cm³/mol. The molecule has 162 valence electrons. The summed E-state index contributed by atoms with van der Waals surface area (Å²) in [5, 5.41) is 10.0. The highest BCUT2D eigenvalue weighted by molar-refractivity contribution is 5.75. The third-order valence-corrected chi connectivity index (χ3v) is 8.74. The maximum absolute atomic E-state index is 12.2. The van der Waals surface area contributed by atoms with Crippen LogP contribution in [-0.4, -0.2) is 18.2 Å². The van der Waals surface area contributed by atoms with Gasteiger partial charge in [0.2, 0.25) is 0 Å². The minimum Gasteiger partial charge on any atom is -0.496 e. The normalized spacial score (nSPS) is 38.5. The van der Waals surface area contributed by atoms with Crippen molar-refractivity contribution in [1.29, 1.82) is 0 Å². The van der Waals surface area contributed by atoms with E-state index in [0.717, 1.165) is 56.3 Å². The van der Waals surface area contributed by atoms with Gasteiger partial charge in [0, 0.05) is 5.56 Å². The quantitative estimate of drug-likeness (QED) is 0.561. The van der Waals surface area contributed by atoms with Gasteiger partial charge in [-0.05, 0) is 74.2 Å². The van der Waals surface area contributed by atoms with E-state index in [1.54, 1.807) is 12.7 Å². The molecule has 0 saturated heterocycles. The number of carboxylic acids is 1. The fourth-order valence-corrected chi connectivity index (χ4v) is 6.93. The van der Waals surface area contributed by atoms with Gasteiger partial charge in [0.1, 0.15) is 5.75 Å². The molecule has 2 saturated carbocycles. The molecule has 3 aliphatic carbocycles. The monoisotopic (exact) mass is 408 g/mol. The third-order valence-electron chi connectivity index (χ3n) is 8.74. The molecule has 3 nitrogen and oxygen atoms in total. The van der Waals surface area contributed by atoms with Gasteiger partial charge >= 0.3 is 5.97 Å². The zero-order valence-electron chi connectivity index (χ0n) is 18.9. The molecule has 2 fully saturated rings. The SMILES string of the molecule is COc1ccccc1/C=C/[C@@]1(C)CC[C@H]2C(=CC[C@@H]3[C@]2(C)CCC[C@@]3(C)C(=O)O)C1. The number of carboxylic acid groups (broad SMARTS) is 1. The summed E-state index contributed by atoms with van der Waals surface area (Å²) in [6.45, 7) is 6.76. The second-order valence-corrected chi connectivity index (χ2v) is 10.6. The van der Waals surface area contributed by atoms with Crippen molar-refractivity contribution in [3.63, 3.8) is 0 Å². The lowest BCUT2D eigenvalue weighted by molar-refractivity contribution is -0.163. The first kappa shape index (κ1) is 21.2. The van der Waals surface area contributed by atoms with Crippen LogP contribution < -0.4 is 4.74 Å². The average Bonchev–Trinajstić information content (AvgIpc) is 2.72. The largest absolute Gasteiger partial charge is 0.496 e. The molecule has 3 aliphatic rings. The van der Waals surface area contributed by atoms with Crippen LogP contribution in [0.2, 0.25) is 0 Å². The van der Waals surface area contributed by atoms with Crippen LogP contribution in [0.4, 0.5) is 0 Å². The molecule has 0 amide bonds. The number of allylic oxidation sites excluding steroid dienone is 3. The summed E-state index contributed by atoms with van der Waals surface area (Å²) in [5.74, 6) is 1.09. The fraction of sp³-hybridized carbons (Fsp3) is 0.593. The van der Waals surface area contributed by atoms with Gasteiger partial charge in [-0.25, -0.2) is 0 Å². The highest BCUT2D eigenvalue weighted by Gasteiger charge is 2.58. The number of hydrogen-bond acceptors (Lipinski definition) is 2. The zero-order chi connectivity index (χ0) is 21.6. The number of hydrogen-bond donors (Lipinski definition) is 1. The van der Waals surface area contributed by atoms with Crippen LogP contribution in [0.15, 0.2) is 42.0 Å². The van der Waals surface area contributed by atoms with Gasteiger partial charge in [-0.2, -0.15) is 0 Å². The number of carbonyl (C=O) groups is 1. The molecule has 0 bridgehead atoms. The molecule has 0 aromatic heterocycles. The van der Waals surface area contributed by atoms with Crippen LogP contribution in [0.25, 0.3) is 6.08 Å². The number of para-hydroxylation sites is 1. The average molecular weight is 409 g/mol. The summed E-state index contributed by atoms with van der Waals surface area (Å²) in [6.07, 6.45) is 14.3. The molecule has 3 heteroatoms. The molecule has 4 rings (SSSR count). The first-order valence-corrected chi connectivity index (χ1v) is 11.5. The van der Waals surface area contributed by atoms with E-state index in [4.69, 9.17) is 4.74 Å². The zero-order valence-corrected chi connectivity index (χ0v) is 18.9. The van der Waals surface area contributed by atoms with Gasteiger partial charge in [0.15, 0.2) is 0 Å². The van der Waals surface area contributed by atoms with Gasteiger partial charge in [0.05, 0.1) is 12.5 Å². The molecular weight excluding hydrogens is 372 g/mol. The van der Waals surface area contributed by atoms with Gasteiger partial charge in [-0.1, -0.05) is 62.3 Å². The first-order valence-electron chi connectivity index (χ1n) is 11.5. The molecule has 5 atom stereocenters. The van der Waals surface area contributed by atoms with Crippen molar-refractivity contribution in [2.24, 2.45) is 28.1 Å². The standard InChI is InChI=1S/C27H36O3/c1-25(16-12-19-8-5-6-9-22(19)30-4)17-13-21-20(18-25)10-11-23-26(21,2)14-7-15-27(23,3)24(28)29/h5-6,8-10,12,16,21,23H,7,11,13-15,17-18H2,1-4H3,(H,28,29)/b16-12+/t21-,23+,25-,26+,27+/m0/s1. The van der Waals surface area contributed by atoms with E-state index in [1.807, 2.05) is 19.1 Å². The Morgan fingerprint density at radius 1 is 1.17 bits per heavy atom. The van der Waals surface area contributed by atoms with Crippen molar-refractivity contribution in [2.75, 3.05) is 7.11 Å². The van der Waals surface area contributed by atoms with Crippen LogP contribution >= 0.6 is 0 Å². The summed E-state index contributed by atoms with van der Waals surface area (Å²) in [4.78, 5) is 12.2. The maximum Gasteiger partial charge on any atom is 0.309 e. The summed E-state index contributed by atoms with van der Waals surface area (Å²) >= 11 is 0. The molecule has 1 N–H and O–H groups in total. The van der Waals surface area contributed by atoms with Crippen molar-refractivity contribution in [3.05, 3.63) is 47.6 Å². The molecular formula is C27H36O3.